The van der Waals surface area contributed by atoms with Crippen LogP contribution >= 0.6 is 0 Å². The number of anilines is 1. The standard InChI is InChI=1S/C11H18N4O/c1-11(2,3)8-4-9(15-14-8)13-10(16)7-5-12-6-7/h4,7,12H,5-6H2,1-3H3,(H2,13,14,15,16). The first-order chi connectivity index (χ1) is 7.47. The molecule has 0 radical (unpaired) electrons. The number of aromatic nitrogens is 2. The average molecular weight is 222 g/mol. The van der Waals surface area contributed by atoms with E-state index in [0.29, 0.717) is 5.82 Å². The molecular formula is C11H18N4O. The number of carbonyl (C=O) groups excluding carboxylic acids is 1. The number of hydrogen-bond acceptors (Lipinski definition) is 3. The van der Waals surface area contributed by atoms with E-state index in [-0.39, 0.29) is 17.2 Å². The van der Waals surface area contributed by atoms with E-state index in [0.717, 1.165) is 18.8 Å². The van der Waals surface area contributed by atoms with Gasteiger partial charge in [0.1, 0.15) is 0 Å². The molecule has 1 aliphatic rings. The minimum Gasteiger partial charge on any atom is -0.315 e. The molecule has 0 aliphatic carbocycles. The van der Waals surface area contributed by atoms with Gasteiger partial charge in [-0.25, -0.2) is 0 Å². The van der Waals surface area contributed by atoms with E-state index in [1.54, 1.807) is 0 Å². The molecule has 1 saturated heterocycles. The van der Waals surface area contributed by atoms with Crippen LogP contribution in [0.4, 0.5) is 5.82 Å². The van der Waals surface area contributed by atoms with Gasteiger partial charge in [-0.3, -0.25) is 9.89 Å². The Labute approximate surface area is 95.0 Å². The highest BCUT2D eigenvalue weighted by Crippen LogP contribution is 2.22. The number of carbonyl (C=O) groups is 1. The van der Waals surface area contributed by atoms with Crippen molar-refractivity contribution in [2.45, 2.75) is 26.2 Å². The zero-order valence-electron chi connectivity index (χ0n) is 9.92. The summed E-state index contributed by atoms with van der Waals surface area (Å²) in [7, 11) is 0. The lowest BCUT2D eigenvalue weighted by Crippen LogP contribution is -2.48. The lowest BCUT2D eigenvalue weighted by Gasteiger charge is -2.25. The van der Waals surface area contributed by atoms with Gasteiger partial charge in [-0.15, -0.1) is 0 Å². The quantitative estimate of drug-likeness (QED) is 0.695. The fraction of sp³-hybridized carbons (Fsp3) is 0.636. The fourth-order valence-corrected chi connectivity index (χ4v) is 1.47. The molecule has 1 aromatic rings. The predicted octanol–water partition coefficient (Wildman–Crippen LogP) is 0.865. The first-order valence-corrected chi connectivity index (χ1v) is 5.54. The molecule has 0 unspecified atom stereocenters. The summed E-state index contributed by atoms with van der Waals surface area (Å²) in [6.45, 7) is 7.83. The van der Waals surface area contributed by atoms with Crippen LogP contribution in [0.2, 0.25) is 0 Å². The van der Waals surface area contributed by atoms with Gasteiger partial charge < -0.3 is 10.6 Å². The van der Waals surface area contributed by atoms with Crippen LogP contribution in [0.1, 0.15) is 26.5 Å². The third-order valence-corrected chi connectivity index (χ3v) is 2.79. The lowest BCUT2D eigenvalue weighted by molar-refractivity contribution is -0.121. The Morgan fingerprint density at radius 1 is 1.50 bits per heavy atom. The Bertz CT molecular complexity index is 387. The molecule has 0 spiro atoms. The van der Waals surface area contributed by atoms with Gasteiger partial charge in [-0.2, -0.15) is 5.10 Å². The summed E-state index contributed by atoms with van der Waals surface area (Å²) in [4.78, 5) is 11.6. The summed E-state index contributed by atoms with van der Waals surface area (Å²) in [5, 5.41) is 12.9. The Kier molecular flexibility index (Phi) is 2.71. The van der Waals surface area contributed by atoms with Crippen LogP contribution in [0.25, 0.3) is 0 Å². The van der Waals surface area contributed by atoms with Crippen LogP contribution in [0, 0.1) is 5.92 Å². The van der Waals surface area contributed by atoms with E-state index < -0.39 is 0 Å². The van der Waals surface area contributed by atoms with Crippen LogP contribution in [0.15, 0.2) is 6.07 Å². The number of nitrogens with one attached hydrogen (secondary N) is 3. The SMILES string of the molecule is CC(C)(C)c1cc(NC(=O)C2CNC2)n[nH]1. The highest BCUT2D eigenvalue weighted by atomic mass is 16.2. The first-order valence-electron chi connectivity index (χ1n) is 5.54. The molecule has 3 N–H and O–H groups in total. The fourth-order valence-electron chi connectivity index (χ4n) is 1.47. The largest absolute Gasteiger partial charge is 0.315 e. The van der Waals surface area contributed by atoms with E-state index in [1.165, 1.54) is 0 Å². The molecule has 0 aromatic carbocycles. The van der Waals surface area contributed by atoms with Crippen molar-refractivity contribution in [3.8, 4) is 0 Å². The summed E-state index contributed by atoms with van der Waals surface area (Å²) in [6.07, 6.45) is 0. The number of aromatic amines is 1. The number of amides is 1. The van der Waals surface area contributed by atoms with E-state index in [1.807, 2.05) is 6.07 Å². The van der Waals surface area contributed by atoms with Gasteiger partial charge in [-0.1, -0.05) is 20.8 Å². The molecule has 1 fully saturated rings. The number of hydrogen-bond donors (Lipinski definition) is 3. The Morgan fingerprint density at radius 2 is 2.19 bits per heavy atom. The summed E-state index contributed by atoms with van der Waals surface area (Å²) in [6, 6.07) is 1.89. The first kappa shape index (κ1) is 11.1. The number of nitrogens with zero attached hydrogens (tertiary/aromatic N) is 1. The van der Waals surface area contributed by atoms with Crippen LogP contribution in [0.3, 0.4) is 0 Å². The second-order valence-corrected chi connectivity index (χ2v) is 5.26. The Morgan fingerprint density at radius 3 is 2.62 bits per heavy atom. The van der Waals surface area contributed by atoms with Crippen LogP contribution in [-0.4, -0.2) is 29.2 Å². The Hall–Kier alpha value is -1.36. The third kappa shape index (κ3) is 2.24. The maximum Gasteiger partial charge on any atom is 0.231 e. The average Bonchev–Trinajstić information content (AvgIpc) is 2.47. The van der Waals surface area contributed by atoms with Gasteiger partial charge >= 0.3 is 0 Å². The molecule has 16 heavy (non-hydrogen) atoms. The van der Waals surface area contributed by atoms with E-state index in [9.17, 15) is 4.79 Å². The molecular weight excluding hydrogens is 204 g/mol. The van der Waals surface area contributed by atoms with Crippen molar-refractivity contribution in [1.29, 1.82) is 0 Å². The minimum absolute atomic E-state index is 0.0218. The summed E-state index contributed by atoms with van der Waals surface area (Å²) < 4.78 is 0. The van der Waals surface area contributed by atoms with Crippen molar-refractivity contribution >= 4 is 11.7 Å². The predicted molar refractivity (Wildman–Crippen MR) is 62.3 cm³/mol. The molecule has 0 atom stereocenters. The molecule has 5 nitrogen and oxygen atoms in total. The summed E-state index contributed by atoms with van der Waals surface area (Å²) in [5.41, 5.74) is 1.04. The van der Waals surface area contributed by atoms with Crippen LogP contribution in [-0.2, 0) is 10.2 Å². The van der Waals surface area contributed by atoms with Crippen molar-refractivity contribution < 1.29 is 4.79 Å². The number of rotatable bonds is 2. The van der Waals surface area contributed by atoms with Gasteiger partial charge in [-0.05, 0) is 0 Å². The van der Waals surface area contributed by atoms with E-state index in [2.05, 4.69) is 41.6 Å². The van der Waals surface area contributed by atoms with Crippen molar-refractivity contribution in [2.24, 2.45) is 5.92 Å². The zero-order valence-corrected chi connectivity index (χ0v) is 9.92. The smallest absolute Gasteiger partial charge is 0.231 e. The van der Waals surface area contributed by atoms with Crippen molar-refractivity contribution in [2.75, 3.05) is 18.4 Å². The Balaban J connectivity index is 1.99. The maximum absolute atomic E-state index is 11.6. The molecule has 2 heterocycles. The highest BCUT2D eigenvalue weighted by molar-refractivity contribution is 5.92. The molecule has 5 heteroatoms. The number of H-pyrrole nitrogens is 1. The van der Waals surface area contributed by atoms with Crippen molar-refractivity contribution in [3.05, 3.63) is 11.8 Å². The van der Waals surface area contributed by atoms with Crippen LogP contribution < -0.4 is 10.6 Å². The van der Waals surface area contributed by atoms with E-state index >= 15 is 0 Å². The molecule has 2 rings (SSSR count). The topological polar surface area (TPSA) is 69.8 Å². The van der Waals surface area contributed by atoms with Crippen LogP contribution in [0.5, 0.6) is 0 Å². The molecule has 1 aliphatic heterocycles. The normalized spacial score (nSPS) is 16.9. The monoisotopic (exact) mass is 222 g/mol. The summed E-state index contributed by atoms with van der Waals surface area (Å²) in [5.74, 6) is 0.752. The molecule has 1 amide bonds. The molecule has 0 saturated carbocycles. The molecule has 88 valence electrons. The highest BCUT2D eigenvalue weighted by Gasteiger charge is 2.25. The summed E-state index contributed by atoms with van der Waals surface area (Å²) >= 11 is 0. The minimum atomic E-state index is 0.0218. The van der Waals surface area contributed by atoms with Gasteiger partial charge in [0.05, 0.1) is 5.92 Å². The van der Waals surface area contributed by atoms with Gasteiger partial charge in [0.2, 0.25) is 5.91 Å². The van der Waals surface area contributed by atoms with Gasteiger partial charge in [0, 0.05) is 30.3 Å². The zero-order chi connectivity index (χ0) is 11.8. The molecule has 1 aromatic heterocycles. The third-order valence-electron chi connectivity index (χ3n) is 2.79. The van der Waals surface area contributed by atoms with Gasteiger partial charge in [0.15, 0.2) is 5.82 Å². The lowest BCUT2D eigenvalue weighted by atomic mass is 9.92. The second kappa shape index (κ2) is 3.90. The molecule has 0 bridgehead atoms. The van der Waals surface area contributed by atoms with Gasteiger partial charge in [0.25, 0.3) is 0 Å². The van der Waals surface area contributed by atoms with E-state index in [4.69, 9.17) is 0 Å². The second-order valence-electron chi connectivity index (χ2n) is 5.26. The van der Waals surface area contributed by atoms with Crippen molar-refractivity contribution in [1.82, 2.24) is 15.5 Å². The van der Waals surface area contributed by atoms with Crippen molar-refractivity contribution in [3.63, 3.8) is 0 Å². The maximum atomic E-state index is 11.6.